The Hall–Kier alpha value is -1.56. The van der Waals surface area contributed by atoms with Crippen LogP contribution in [0.2, 0.25) is 0 Å². The van der Waals surface area contributed by atoms with E-state index in [1.165, 1.54) is 5.69 Å². The quantitative estimate of drug-likeness (QED) is 0.431. The molecule has 0 aliphatic heterocycles. The molecule has 0 aliphatic carbocycles. The molecule has 2 N–H and O–H groups in total. The van der Waals surface area contributed by atoms with E-state index in [0.717, 1.165) is 37.8 Å². The third-order valence-electron chi connectivity index (χ3n) is 3.09. The summed E-state index contributed by atoms with van der Waals surface area (Å²) < 4.78 is 7.09. The number of aliphatic imine (C=N–C) groups is 1. The Morgan fingerprint density at radius 3 is 2.76 bits per heavy atom. The average molecular weight is 295 g/mol. The van der Waals surface area contributed by atoms with Crippen LogP contribution in [0.25, 0.3) is 0 Å². The van der Waals surface area contributed by atoms with Crippen LogP contribution in [0.3, 0.4) is 0 Å². The van der Waals surface area contributed by atoms with Gasteiger partial charge in [-0.2, -0.15) is 5.10 Å². The van der Waals surface area contributed by atoms with Gasteiger partial charge in [0.2, 0.25) is 0 Å². The minimum atomic E-state index is 0.431. The van der Waals surface area contributed by atoms with E-state index in [2.05, 4.69) is 52.2 Å². The van der Waals surface area contributed by atoms with Crippen LogP contribution in [0.15, 0.2) is 11.1 Å². The van der Waals surface area contributed by atoms with Crippen LogP contribution in [0.1, 0.15) is 25.2 Å². The van der Waals surface area contributed by atoms with Crippen molar-refractivity contribution in [3.63, 3.8) is 0 Å². The predicted octanol–water partition coefficient (Wildman–Crippen LogP) is 1.34. The summed E-state index contributed by atoms with van der Waals surface area (Å²) in [5, 5.41) is 11.0. The Labute approximate surface area is 128 Å². The second-order valence-corrected chi connectivity index (χ2v) is 5.35. The highest BCUT2D eigenvalue weighted by Gasteiger charge is 2.07. The molecule has 0 saturated carbocycles. The smallest absolute Gasteiger partial charge is 0.191 e. The number of aryl methyl sites for hydroxylation is 2. The van der Waals surface area contributed by atoms with Crippen molar-refractivity contribution in [2.75, 3.05) is 33.4 Å². The summed E-state index contributed by atoms with van der Waals surface area (Å²) in [5.74, 6) is 1.27. The number of aromatic nitrogens is 2. The first-order valence-corrected chi connectivity index (χ1v) is 7.59. The molecule has 0 aliphatic rings. The second-order valence-electron chi connectivity index (χ2n) is 5.35. The molecule has 6 heteroatoms. The fraction of sp³-hybridized carbons (Fsp3) is 0.733. The van der Waals surface area contributed by atoms with Gasteiger partial charge in [-0.05, 0) is 32.8 Å². The highest BCUT2D eigenvalue weighted by Crippen LogP contribution is 2.06. The molecule has 1 aromatic rings. The van der Waals surface area contributed by atoms with Crippen LogP contribution in [0, 0.1) is 19.8 Å². The van der Waals surface area contributed by atoms with E-state index >= 15 is 0 Å². The molecule has 0 radical (unpaired) electrons. The van der Waals surface area contributed by atoms with Crippen molar-refractivity contribution in [2.24, 2.45) is 10.9 Å². The van der Waals surface area contributed by atoms with E-state index in [-0.39, 0.29) is 0 Å². The summed E-state index contributed by atoms with van der Waals surface area (Å²) in [6.45, 7) is 12.3. The van der Waals surface area contributed by atoms with E-state index in [4.69, 9.17) is 4.74 Å². The Kier molecular flexibility index (Phi) is 7.82. The number of hydrogen-bond donors (Lipinski definition) is 2. The molecule has 1 heterocycles. The van der Waals surface area contributed by atoms with Crippen LogP contribution in [-0.4, -0.2) is 49.1 Å². The summed E-state index contributed by atoms with van der Waals surface area (Å²) in [5.41, 5.74) is 2.27. The summed E-state index contributed by atoms with van der Waals surface area (Å²) in [6, 6.07) is 2.10. The lowest BCUT2D eigenvalue weighted by molar-refractivity contribution is 0.203. The van der Waals surface area contributed by atoms with Gasteiger partial charge in [-0.1, -0.05) is 6.92 Å². The molecule has 1 rings (SSSR count). The van der Waals surface area contributed by atoms with Gasteiger partial charge in [0.05, 0.1) is 12.3 Å². The van der Waals surface area contributed by atoms with E-state index in [0.29, 0.717) is 12.5 Å². The summed E-state index contributed by atoms with van der Waals surface area (Å²) in [7, 11) is 1.70. The third-order valence-corrected chi connectivity index (χ3v) is 3.09. The maximum absolute atomic E-state index is 5.03. The standard InChI is InChI=1S/C15H29N5O/c1-6-16-15(17-7-8-21-5)18-10-12(2)11-20-14(4)9-13(3)19-20/h9,12H,6-8,10-11H2,1-5H3,(H2,16,17,18). The zero-order valence-electron chi connectivity index (χ0n) is 13.9. The SMILES string of the molecule is CCNC(=NCC(C)Cn1nc(C)cc1C)NCCOC. The minimum absolute atomic E-state index is 0.431. The molecular weight excluding hydrogens is 266 g/mol. The molecule has 0 fully saturated rings. The van der Waals surface area contributed by atoms with Crippen LogP contribution >= 0.6 is 0 Å². The van der Waals surface area contributed by atoms with Crippen molar-refractivity contribution in [3.8, 4) is 0 Å². The maximum Gasteiger partial charge on any atom is 0.191 e. The first-order chi connectivity index (χ1) is 10.1. The first-order valence-electron chi connectivity index (χ1n) is 7.59. The molecule has 120 valence electrons. The lowest BCUT2D eigenvalue weighted by atomic mass is 10.2. The van der Waals surface area contributed by atoms with Crippen molar-refractivity contribution < 1.29 is 4.74 Å². The molecule has 0 saturated heterocycles. The summed E-state index contributed by atoms with van der Waals surface area (Å²) in [4.78, 5) is 4.62. The number of hydrogen-bond acceptors (Lipinski definition) is 3. The zero-order valence-corrected chi connectivity index (χ0v) is 13.9. The molecule has 0 amide bonds. The van der Waals surface area contributed by atoms with Gasteiger partial charge >= 0.3 is 0 Å². The van der Waals surface area contributed by atoms with Crippen LogP contribution in [0.4, 0.5) is 0 Å². The Morgan fingerprint density at radius 2 is 2.19 bits per heavy atom. The molecule has 1 unspecified atom stereocenters. The highest BCUT2D eigenvalue weighted by molar-refractivity contribution is 5.79. The van der Waals surface area contributed by atoms with E-state index in [9.17, 15) is 0 Å². The molecule has 0 spiro atoms. The van der Waals surface area contributed by atoms with Gasteiger partial charge in [0.1, 0.15) is 0 Å². The van der Waals surface area contributed by atoms with E-state index < -0.39 is 0 Å². The van der Waals surface area contributed by atoms with E-state index in [1.807, 2.05) is 6.92 Å². The molecule has 21 heavy (non-hydrogen) atoms. The van der Waals surface area contributed by atoms with Gasteiger partial charge in [0.15, 0.2) is 5.96 Å². The Bertz CT molecular complexity index is 441. The van der Waals surface area contributed by atoms with Crippen LogP contribution in [-0.2, 0) is 11.3 Å². The fourth-order valence-electron chi connectivity index (χ4n) is 2.07. The number of nitrogens with zero attached hydrogens (tertiary/aromatic N) is 3. The van der Waals surface area contributed by atoms with Gasteiger partial charge in [-0.15, -0.1) is 0 Å². The van der Waals surface area contributed by atoms with Crippen molar-refractivity contribution in [2.45, 2.75) is 34.2 Å². The topological polar surface area (TPSA) is 63.5 Å². The van der Waals surface area contributed by atoms with Gasteiger partial charge in [-0.25, -0.2) is 0 Å². The number of methoxy groups -OCH3 is 1. The number of rotatable bonds is 8. The zero-order chi connectivity index (χ0) is 15.7. The lowest BCUT2D eigenvalue weighted by Gasteiger charge is -2.14. The molecule has 1 aromatic heterocycles. The minimum Gasteiger partial charge on any atom is -0.383 e. The summed E-state index contributed by atoms with van der Waals surface area (Å²) >= 11 is 0. The number of guanidine groups is 1. The molecule has 6 nitrogen and oxygen atoms in total. The van der Waals surface area contributed by atoms with Gasteiger partial charge < -0.3 is 15.4 Å². The third kappa shape index (κ3) is 6.62. The second kappa shape index (κ2) is 9.39. The lowest BCUT2D eigenvalue weighted by Crippen LogP contribution is -2.39. The highest BCUT2D eigenvalue weighted by atomic mass is 16.5. The van der Waals surface area contributed by atoms with Crippen molar-refractivity contribution in [1.82, 2.24) is 20.4 Å². The van der Waals surface area contributed by atoms with Gasteiger partial charge in [-0.3, -0.25) is 9.67 Å². The molecule has 0 bridgehead atoms. The van der Waals surface area contributed by atoms with E-state index in [1.54, 1.807) is 7.11 Å². The number of ether oxygens (including phenoxy) is 1. The van der Waals surface area contributed by atoms with Crippen molar-refractivity contribution >= 4 is 5.96 Å². The fourth-order valence-corrected chi connectivity index (χ4v) is 2.07. The average Bonchev–Trinajstić information content (AvgIpc) is 2.74. The first kappa shape index (κ1) is 17.5. The predicted molar refractivity (Wildman–Crippen MR) is 86.7 cm³/mol. The normalized spacial score (nSPS) is 13.3. The Balaban J connectivity index is 2.48. The maximum atomic E-state index is 5.03. The number of nitrogens with one attached hydrogen (secondary N) is 2. The monoisotopic (exact) mass is 295 g/mol. The van der Waals surface area contributed by atoms with Crippen molar-refractivity contribution in [1.29, 1.82) is 0 Å². The van der Waals surface area contributed by atoms with Crippen LogP contribution in [0.5, 0.6) is 0 Å². The Morgan fingerprint density at radius 1 is 1.43 bits per heavy atom. The largest absolute Gasteiger partial charge is 0.383 e. The van der Waals surface area contributed by atoms with Gasteiger partial charge in [0, 0.05) is 39.0 Å². The molecule has 0 aromatic carbocycles. The van der Waals surface area contributed by atoms with Gasteiger partial charge in [0.25, 0.3) is 0 Å². The summed E-state index contributed by atoms with van der Waals surface area (Å²) in [6.07, 6.45) is 0. The molecular formula is C15H29N5O. The van der Waals surface area contributed by atoms with Crippen LogP contribution < -0.4 is 10.6 Å². The molecule has 1 atom stereocenters. The van der Waals surface area contributed by atoms with Crippen molar-refractivity contribution in [3.05, 3.63) is 17.5 Å².